The molecule has 0 amide bonds. The molecular formula is C14H18N2O2. The van der Waals surface area contributed by atoms with E-state index >= 15 is 0 Å². The van der Waals surface area contributed by atoms with Crippen LogP contribution in [0.15, 0.2) is 22.7 Å². The molecule has 4 heteroatoms. The Bertz CT molecular complexity index is 500. The Hall–Kier alpha value is -1.84. The van der Waals surface area contributed by atoms with Gasteiger partial charge in [0.15, 0.2) is 12.4 Å². The Balaban J connectivity index is 2.02. The molecule has 0 bridgehead atoms. The van der Waals surface area contributed by atoms with Crippen LogP contribution in [0, 0.1) is 13.8 Å². The number of ether oxygens (including phenoxy) is 1. The van der Waals surface area contributed by atoms with Gasteiger partial charge in [-0.1, -0.05) is 30.3 Å². The van der Waals surface area contributed by atoms with Crippen molar-refractivity contribution in [2.45, 2.75) is 40.2 Å². The highest BCUT2D eigenvalue weighted by atomic mass is 16.5. The van der Waals surface area contributed by atoms with Crippen molar-refractivity contribution in [2.75, 3.05) is 0 Å². The largest absolute Gasteiger partial charge is 0.483 e. The second-order valence-corrected chi connectivity index (χ2v) is 4.36. The van der Waals surface area contributed by atoms with E-state index in [0.29, 0.717) is 12.5 Å². The molecule has 96 valence electrons. The fraction of sp³-hybridized carbons (Fsp3) is 0.429. The summed E-state index contributed by atoms with van der Waals surface area (Å²) < 4.78 is 10.9. The summed E-state index contributed by atoms with van der Waals surface area (Å²) in [6.07, 6.45) is 1.85. The standard InChI is InChI=1S/C14H18N2O2/c1-4-6-12-15-13(18-16-12)9-17-14-10(2)7-5-8-11(14)3/h5,7-8H,4,6,9H2,1-3H3. The van der Waals surface area contributed by atoms with Crippen molar-refractivity contribution in [1.29, 1.82) is 0 Å². The van der Waals surface area contributed by atoms with Gasteiger partial charge in [-0.2, -0.15) is 4.98 Å². The Morgan fingerprint density at radius 2 is 1.94 bits per heavy atom. The Labute approximate surface area is 107 Å². The van der Waals surface area contributed by atoms with Crippen LogP contribution >= 0.6 is 0 Å². The van der Waals surface area contributed by atoms with E-state index in [4.69, 9.17) is 9.26 Å². The van der Waals surface area contributed by atoms with Crippen LogP contribution in [0.5, 0.6) is 5.75 Å². The fourth-order valence-electron chi connectivity index (χ4n) is 1.83. The van der Waals surface area contributed by atoms with E-state index in [-0.39, 0.29) is 0 Å². The molecule has 0 spiro atoms. The maximum atomic E-state index is 5.75. The van der Waals surface area contributed by atoms with Gasteiger partial charge >= 0.3 is 0 Å². The lowest BCUT2D eigenvalue weighted by Gasteiger charge is -2.09. The summed E-state index contributed by atoms with van der Waals surface area (Å²) in [5.41, 5.74) is 2.23. The molecule has 0 aliphatic carbocycles. The molecule has 2 rings (SSSR count). The molecule has 0 atom stereocenters. The summed E-state index contributed by atoms with van der Waals surface area (Å²) in [7, 11) is 0. The molecule has 0 saturated heterocycles. The van der Waals surface area contributed by atoms with Crippen LogP contribution in [0.4, 0.5) is 0 Å². The number of aryl methyl sites for hydroxylation is 3. The summed E-state index contributed by atoms with van der Waals surface area (Å²) in [5, 5.41) is 3.90. The van der Waals surface area contributed by atoms with E-state index in [1.807, 2.05) is 32.0 Å². The fourth-order valence-corrected chi connectivity index (χ4v) is 1.83. The highest BCUT2D eigenvalue weighted by Gasteiger charge is 2.08. The number of aromatic nitrogens is 2. The van der Waals surface area contributed by atoms with Gasteiger partial charge in [0.1, 0.15) is 5.75 Å². The van der Waals surface area contributed by atoms with Crippen molar-refractivity contribution >= 4 is 0 Å². The topological polar surface area (TPSA) is 48.2 Å². The molecule has 1 heterocycles. The minimum absolute atomic E-state index is 0.322. The van der Waals surface area contributed by atoms with Gasteiger partial charge in [0, 0.05) is 6.42 Å². The number of benzene rings is 1. The summed E-state index contributed by atoms with van der Waals surface area (Å²) in [5.74, 6) is 2.17. The third kappa shape index (κ3) is 2.88. The van der Waals surface area contributed by atoms with E-state index < -0.39 is 0 Å². The van der Waals surface area contributed by atoms with Gasteiger partial charge in [-0.05, 0) is 31.4 Å². The van der Waals surface area contributed by atoms with Crippen LogP contribution in [0.1, 0.15) is 36.2 Å². The van der Waals surface area contributed by atoms with Crippen LogP contribution in [0.3, 0.4) is 0 Å². The van der Waals surface area contributed by atoms with Gasteiger partial charge in [0.25, 0.3) is 5.89 Å². The molecule has 0 saturated carbocycles. The third-order valence-corrected chi connectivity index (χ3v) is 2.73. The molecule has 1 aromatic carbocycles. The summed E-state index contributed by atoms with van der Waals surface area (Å²) in [6.45, 7) is 6.46. The summed E-state index contributed by atoms with van der Waals surface area (Å²) >= 11 is 0. The van der Waals surface area contributed by atoms with E-state index in [2.05, 4.69) is 17.1 Å². The van der Waals surface area contributed by atoms with Crippen molar-refractivity contribution in [3.05, 3.63) is 41.0 Å². The normalized spacial score (nSPS) is 10.6. The van der Waals surface area contributed by atoms with Crippen LogP contribution in [-0.4, -0.2) is 10.1 Å². The van der Waals surface area contributed by atoms with Crippen LogP contribution in [0.25, 0.3) is 0 Å². The SMILES string of the molecule is CCCc1noc(COc2c(C)cccc2C)n1. The second-order valence-electron chi connectivity index (χ2n) is 4.36. The summed E-state index contributed by atoms with van der Waals surface area (Å²) in [4.78, 5) is 4.27. The number of para-hydroxylation sites is 1. The minimum atomic E-state index is 0.322. The van der Waals surface area contributed by atoms with E-state index in [9.17, 15) is 0 Å². The summed E-state index contributed by atoms with van der Waals surface area (Å²) in [6, 6.07) is 6.07. The number of hydrogen-bond donors (Lipinski definition) is 0. The molecule has 0 radical (unpaired) electrons. The minimum Gasteiger partial charge on any atom is -0.483 e. The Morgan fingerprint density at radius 1 is 1.22 bits per heavy atom. The molecule has 0 aliphatic heterocycles. The first-order valence-corrected chi connectivity index (χ1v) is 6.21. The maximum absolute atomic E-state index is 5.75. The lowest BCUT2D eigenvalue weighted by Crippen LogP contribution is -1.99. The number of hydrogen-bond acceptors (Lipinski definition) is 4. The Kier molecular flexibility index (Phi) is 3.97. The smallest absolute Gasteiger partial charge is 0.264 e. The first-order valence-electron chi connectivity index (χ1n) is 6.21. The van der Waals surface area contributed by atoms with E-state index in [1.54, 1.807) is 0 Å². The van der Waals surface area contributed by atoms with Gasteiger partial charge in [-0.25, -0.2) is 0 Å². The van der Waals surface area contributed by atoms with Crippen LogP contribution < -0.4 is 4.74 Å². The van der Waals surface area contributed by atoms with Crippen molar-refractivity contribution < 1.29 is 9.26 Å². The molecule has 2 aromatic rings. The first kappa shape index (κ1) is 12.6. The molecule has 4 nitrogen and oxygen atoms in total. The van der Waals surface area contributed by atoms with E-state index in [1.165, 1.54) is 0 Å². The van der Waals surface area contributed by atoms with Gasteiger partial charge < -0.3 is 9.26 Å². The van der Waals surface area contributed by atoms with Gasteiger partial charge in [0.05, 0.1) is 0 Å². The zero-order valence-corrected chi connectivity index (χ0v) is 11.1. The van der Waals surface area contributed by atoms with Crippen LogP contribution in [0.2, 0.25) is 0 Å². The predicted octanol–water partition coefficient (Wildman–Crippen LogP) is 3.22. The average molecular weight is 246 g/mol. The van der Waals surface area contributed by atoms with Gasteiger partial charge in [-0.3, -0.25) is 0 Å². The zero-order valence-electron chi connectivity index (χ0n) is 11.1. The lowest BCUT2D eigenvalue weighted by molar-refractivity contribution is 0.240. The monoisotopic (exact) mass is 246 g/mol. The van der Waals surface area contributed by atoms with Crippen molar-refractivity contribution in [1.82, 2.24) is 10.1 Å². The number of rotatable bonds is 5. The zero-order chi connectivity index (χ0) is 13.0. The van der Waals surface area contributed by atoms with Crippen molar-refractivity contribution in [3.63, 3.8) is 0 Å². The second kappa shape index (κ2) is 5.67. The lowest BCUT2D eigenvalue weighted by atomic mass is 10.1. The van der Waals surface area contributed by atoms with Crippen LogP contribution in [-0.2, 0) is 13.0 Å². The number of nitrogens with zero attached hydrogens (tertiary/aromatic N) is 2. The predicted molar refractivity (Wildman–Crippen MR) is 68.5 cm³/mol. The molecule has 0 N–H and O–H groups in total. The third-order valence-electron chi connectivity index (χ3n) is 2.73. The maximum Gasteiger partial charge on any atom is 0.264 e. The highest BCUT2D eigenvalue weighted by Crippen LogP contribution is 2.23. The van der Waals surface area contributed by atoms with Gasteiger partial charge in [-0.15, -0.1) is 0 Å². The van der Waals surface area contributed by atoms with Crippen molar-refractivity contribution in [2.24, 2.45) is 0 Å². The molecule has 1 aromatic heterocycles. The highest BCUT2D eigenvalue weighted by molar-refractivity contribution is 5.39. The first-order chi connectivity index (χ1) is 8.70. The molecule has 18 heavy (non-hydrogen) atoms. The molecule has 0 unspecified atom stereocenters. The quantitative estimate of drug-likeness (QED) is 0.812. The van der Waals surface area contributed by atoms with E-state index in [0.717, 1.165) is 35.5 Å². The molecule has 0 fully saturated rings. The van der Waals surface area contributed by atoms with Crippen molar-refractivity contribution in [3.8, 4) is 5.75 Å². The average Bonchev–Trinajstić information content (AvgIpc) is 2.77. The molecule has 0 aliphatic rings. The molecular weight excluding hydrogens is 228 g/mol. The Morgan fingerprint density at radius 3 is 2.61 bits per heavy atom. The van der Waals surface area contributed by atoms with Gasteiger partial charge in [0.2, 0.25) is 0 Å².